The Labute approximate surface area is 190 Å². The van der Waals surface area contributed by atoms with Gasteiger partial charge in [-0.15, -0.1) is 0 Å². The summed E-state index contributed by atoms with van der Waals surface area (Å²) in [6.07, 6.45) is 2.34. The number of primary amides is 1. The molecule has 0 aliphatic heterocycles. The second-order valence-corrected chi connectivity index (χ2v) is 8.52. The minimum Gasteiger partial charge on any atom is -0.366 e. The molecular weight excluding hydrogens is 426 g/mol. The monoisotopic (exact) mass is 452 g/mol. The predicted octanol–water partition coefficient (Wildman–Crippen LogP) is 4.91. The fraction of sp³-hybridized carbons (Fsp3) is 0.320. The summed E-state index contributed by atoms with van der Waals surface area (Å²) in [6.45, 7) is 0. The van der Waals surface area contributed by atoms with Crippen LogP contribution < -0.4 is 11.1 Å². The van der Waals surface area contributed by atoms with Crippen LogP contribution in [0.1, 0.15) is 63.6 Å². The highest BCUT2D eigenvalue weighted by atomic mass is 19.3. The van der Waals surface area contributed by atoms with Gasteiger partial charge in [-0.1, -0.05) is 36.4 Å². The van der Waals surface area contributed by atoms with Crippen LogP contribution in [0.15, 0.2) is 60.8 Å². The number of halogens is 2. The van der Waals surface area contributed by atoms with E-state index < -0.39 is 18.0 Å². The molecule has 1 heterocycles. The van der Waals surface area contributed by atoms with Gasteiger partial charge in [-0.3, -0.25) is 14.3 Å². The molecule has 5 rings (SSSR count). The number of aryl methyl sites for hydroxylation is 1. The molecule has 3 aromatic rings. The third kappa shape index (κ3) is 5.45. The van der Waals surface area contributed by atoms with Crippen molar-refractivity contribution in [3.8, 4) is 0 Å². The summed E-state index contributed by atoms with van der Waals surface area (Å²) in [5.41, 5.74) is 6.82. The van der Waals surface area contributed by atoms with Gasteiger partial charge in [-0.05, 0) is 60.8 Å². The molecule has 172 valence electrons. The van der Waals surface area contributed by atoms with E-state index in [0.717, 1.165) is 29.5 Å². The van der Waals surface area contributed by atoms with Crippen LogP contribution in [0.5, 0.6) is 0 Å². The lowest BCUT2D eigenvalue weighted by Crippen LogP contribution is -2.14. The Kier molecular flexibility index (Phi) is 6.53. The first kappa shape index (κ1) is 22.6. The van der Waals surface area contributed by atoms with Crippen molar-refractivity contribution in [2.75, 3.05) is 5.32 Å². The lowest BCUT2D eigenvalue weighted by Gasteiger charge is -2.11. The van der Waals surface area contributed by atoms with Gasteiger partial charge in [0.05, 0.1) is 5.56 Å². The van der Waals surface area contributed by atoms with Crippen LogP contribution >= 0.6 is 0 Å². The van der Waals surface area contributed by atoms with Gasteiger partial charge in [0.25, 0.3) is 12.3 Å². The second kappa shape index (κ2) is 9.52. The van der Waals surface area contributed by atoms with Crippen molar-refractivity contribution in [1.82, 2.24) is 9.78 Å². The fourth-order valence-corrected chi connectivity index (χ4v) is 4.19. The highest BCUT2D eigenvalue weighted by Crippen LogP contribution is 2.60. The van der Waals surface area contributed by atoms with E-state index in [2.05, 4.69) is 10.4 Å². The second-order valence-electron chi connectivity index (χ2n) is 8.52. The van der Waals surface area contributed by atoms with Crippen LogP contribution in [-0.2, 0) is 7.05 Å². The average molecular weight is 453 g/mol. The van der Waals surface area contributed by atoms with Gasteiger partial charge >= 0.3 is 0 Å². The summed E-state index contributed by atoms with van der Waals surface area (Å²) >= 11 is 0. The molecule has 0 radical (unpaired) electrons. The first-order chi connectivity index (χ1) is 15.8. The molecule has 3 N–H and O–H groups in total. The molecule has 33 heavy (non-hydrogen) atoms. The standard InChI is InChI=1S/C18H19F2N3O.C7H7NO/c1-23-9-14(16(22-23)17(19)20)18(24)21-15-5-3-2-4-11(15)13-8-12(13)10-6-7-10;8-7(9)6-4-2-1-3-5-6/h2-5,9-10,12-13,17H,6-8H2,1H3,(H,21,24);1-5H,(H2,8,9). The number of amides is 2. The van der Waals surface area contributed by atoms with Gasteiger partial charge in [0, 0.05) is 24.5 Å². The molecular formula is C25H26F2N4O2. The molecule has 2 aliphatic carbocycles. The Hall–Kier alpha value is -3.55. The molecule has 2 aliphatic rings. The number of nitrogens with zero attached hydrogens (tertiary/aromatic N) is 2. The number of alkyl halides is 2. The number of nitrogens with two attached hydrogens (primary N) is 1. The maximum atomic E-state index is 13.0. The largest absolute Gasteiger partial charge is 0.366 e. The third-order valence-electron chi connectivity index (χ3n) is 6.04. The quantitative estimate of drug-likeness (QED) is 0.557. The summed E-state index contributed by atoms with van der Waals surface area (Å²) in [7, 11) is 1.53. The Morgan fingerprint density at radius 2 is 1.76 bits per heavy atom. The molecule has 2 unspecified atom stereocenters. The predicted molar refractivity (Wildman–Crippen MR) is 121 cm³/mol. The van der Waals surface area contributed by atoms with E-state index in [1.54, 1.807) is 24.3 Å². The molecule has 0 spiro atoms. The fourth-order valence-electron chi connectivity index (χ4n) is 4.19. The van der Waals surface area contributed by atoms with E-state index >= 15 is 0 Å². The zero-order chi connectivity index (χ0) is 23.5. The SMILES string of the molecule is Cn1cc(C(=O)Nc2ccccc2C2CC2C2CC2)c(C(F)F)n1.NC(=O)c1ccccc1. The van der Waals surface area contributed by atoms with Gasteiger partial charge in [0.1, 0.15) is 5.69 Å². The first-order valence-corrected chi connectivity index (χ1v) is 10.9. The van der Waals surface area contributed by atoms with E-state index in [1.165, 1.54) is 30.8 Å². The Morgan fingerprint density at radius 3 is 2.36 bits per heavy atom. The Morgan fingerprint density at radius 1 is 1.09 bits per heavy atom. The highest BCUT2D eigenvalue weighted by molar-refractivity contribution is 6.05. The minimum absolute atomic E-state index is 0.0724. The molecule has 1 aromatic heterocycles. The van der Waals surface area contributed by atoms with Crippen LogP contribution in [-0.4, -0.2) is 21.6 Å². The first-order valence-electron chi connectivity index (χ1n) is 10.9. The lowest BCUT2D eigenvalue weighted by atomic mass is 10.0. The third-order valence-corrected chi connectivity index (χ3v) is 6.04. The molecule has 2 atom stereocenters. The normalized spacial score (nSPS) is 18.9. The number of para-hydroxylation sites is 1. The maximum Gasteiger partial charge on any atom is 0.282 e. The molecule has 0 bridgehead atoms. The van der Waals surface area contributed by atoms with Crippen molar-refractivity contribution in [2.24, 2.45) is 24.6 Å². The maximum absolute atomic E-state index is 13.0. The topological polar surface area (TPSA) is 90.0 Å². The summed E-state index contributed by atoms with van der Waals surface area (Å²) in [5, 5.41) is 6.50. The number of carbonyl (C=O) groups excluding carboxylic acids is 2. The molecule has 0 saturated heterocycles. The Bertz CT molecular complexity index is 1140. The van der Waals surface area contributed by atoms with Gasteiger partial charge in [0.15, 0.2) is 0 Å². The molecule has 2 saturated carbocycles. The highest BCUT2D eigenvalue weighted by Gasteiger charge is 2.48. The van der Waals surface area contributed by atoms with E-state index in [-0.39, 0.29) is 11.5 Å². The van der Waals surface area contributed by atoms with Crippen molar-refractivity contribution < 1.29 is 18.4 Å². The van der Waals surface area contributed by atoms with Gasteiger partial charge in [0.2, 0.25) is 5.91 Å². The van der Waals surface area contributed by atoms with E-state index in [0.29, 0.717) is 11.5 Å². The molecule has 2 aromatic carbocycles. The number of aromatic nitrogens is 2. The summed E-state index contributed by atoms with van der Waals surface area (Å²) in [5.74, 6) is 1.13. The van der Waals surface area contributed by atoms with Crippen LogP contribution in [0, 0.1) is 11.8 Å². The Balaban J connectivity index is 0.000000243. The zero-order valence-electron chi connectivity index (χ0n) is 18.2. The number of rotatable bonds is 6. The summed E-state index contributed by atoms with van der Waals surface area (Å²) < 4.78 is 27.3. The minimum atomic E-state index is -2.77. The molecule has 2 amide bonds. The lowest BCUT2D eigenvalue weighted by molar-refractivity contribution is 0.0995. The molecule has 8 heteroatoms. The van der Waals surface area contributed by atoms with Gasteiger partial charge < -0.3 is 11.1 Å². The van der Waals surface area contributed by atoms with Crippen molar-refractivity contribution in [2.45, 2.75) is 31.6 Å². The van der Waals surface area contributed by atoms with Crippen LogP contribution in [0.3, 0.4) is 0 Å². The number of hydrogen-bond donors (Lipinski definition) is 2. The smallest absolute Gasteiger partial charge is 0.282 e. The van der Waals surface area contributed by atoms with E-state index in [4.69, 9.17) is 5.73 Å². The number of nitrogens with one attached hydrogen (secondary N) is 1. The summed E-state index contributed by atoms with van der Waals surface area (Å²) in [6, 6.07) is 16.4. The van der Waals surface area contributed by atoms with E-state index in [1.807, 2.05) is 30.3 Å². The zero-order valence-corrected chi connectivity index (χ0v) is 18.2. The number of carbonyl (C=O) groups is 2. The van der Waals surface area contributed by atoms with Gasteiger partial charge in [-0.2, -0.15) is 5.10 Å². The summed E-state index contributed by atoms with van der Waals surface area (Å²) in [4.78, 5) is 22.9. The molecule has 2 fully saturated rings. The van der Waals surface area contributed by atoms with Crippen molar-refractivity contribution in [3.63, 3.8) is 0 Å². The van der Waals surface area contributed by atoms with Crippen molar-refractivity contribution in [1.29, 1.82) is 0 Å². The van der Waals surface area contributed by atoms with Gasteiger partial charge in [-0.25, -0.2) is 8.78 Å². The van der Waals surface area contributed by atoms with Crippen LogP contribution in [0.4, 0.5) is 14.5 Å². The van der Waals surface area contributed by atoms with Crippen molar-refractivity contribution in [3.05, 3.63) is 83.2 Å². The van der Waals surface area contributed by atoms with Crippen LogP contribution in [0.2, 0.25) is 0 Å². The number of hydrogen-bond acceptors (Lipinski definition) is 3. The van der Waals surface area contributed by atoms with Crippen molar-refractivity contribution >= 4 is 17.5 Å². The van der Waals surface area contributed by atoms with Crippen LogP contribution in [0.25, 0.3) is 0 Å². The molecule has 6 nitrogen and oxygen atoms in total. The number of benzene rings is 2. The van der Waals surface area contributed by atoms with E-state index in [9.17, 15) is 18.4 Å². The average Bonchev–Trinajstić information content (AvgIpc) is 3.71. The number of anilines is 1.